The Morgan fingerprint density at radius 1 is 0.956 bits per heavy atom. The summed E-state index contributed by atoms with van der Waals surface area (Å²) in [7, 11) is 1.66. The first-order valence-electron chi connectivity index (χ1n) is 14.6. The van der Waals surface area contributed by atoms with E-state index in [1.807, 2.05) is 24.3 Å². The molecular weight excluding hydrogens is 597 g/mol. The highest BCUT2D eigenvalue weighted by atomic mass is 32.1. The van der Waals surface area contributed by atoms with E-state index in [9.17, 15) is 18.4 Å². The van der Waals surface area contributed by atoms with Gasteiger partial charge < -0.3 is 14.4 Å². The Kier molecular flexibility index (Phi) is 12.2. The van der Waals surface area contributed by atoms with Crippen molar-refractivity contribution in [3.63, 3.8) is 0 Å². The summed E-state index contributed by atoms with van der Waals surface area (Å²) in [6, 6.07) is 14.7. The van der Waals surface area contributed by atoms with Gasteiger partial charge in [-0.2, -0.15) is 29.0 Å². The van der Waals surface area contributed by atoms with Crippen molar-refractivity contribution in [3.05, 3.63) is 86.4 Å². The number of halogens is 3. The molecule has 2 heterocycles. The van der Waals surface area contributed by atoms with Crippen LogP contribution >= 0.6 is 11.3 Å². The van der Waals surface area contributed by atoms with E-state index in [4.69, 9.17) is 20.0 Å². The minimum absolute atomic E-state index is 0.478. The first-order valence-corrected chi connectivity index (χ1v) is 15.4. The second-order valence-electron chi connectivity index (χ2n) is 10.4. The third kappa shape index (κ3) is 8.26. The molecule has 1 aromatic heterocycles. The Hall–Kier alpha value is -4.72. The first-order chi connectivity index (χ1) is 21.6. The van der Waals surface area contributed by atoms with Gasteiger partial charge in [0.15, 0.2) is 11.3 Å². The third-order valence-corrected chi connectivity index (χ3v) is 8.29. The molecular formula is C35H35F3N4O2S. The Morgan fingerprint density at radius 2 is 1.58 bits per heavy atom. The summed E-state index contributed by atoms with van der Waals surface area (Å²) in [5.41, 5.74) is -2.48. The second kappa shape index (κ2) is 15.8. The molecule has 0 N–H and O–H groups in total. The van der Waals surface area contributed by atoms with E-state index in [2.05, 4.69) is 36.9 Å². The number of rotatable bonds is 13. The predicted octanol–water partition coefficient (Wildman–Crippen LogP) is 9.38. The number of anilines is 1. The summed E-state index contributed by atoms with van der Waals surface area (Å²) in [4.78, 5) is 4.23. The summed E-state index contributed by atoms with van der Waals surface area (Å²) in [5.74, 6) is 0.114. The van der Waals surface area contributed by atoms with Crippen molar-refractivity contribution in [2.45, 2.75) is 58.2 Å². The first kappa shape index (κ1) is 34.8. The minimum atomic E-state index is -4.91. The van der Waals surface area contributed by atoms with Crippen molar-refractivity contribution in [2.24, 2.45) is 0 Å². The van der Waals surface area contributed by atoms with Crippen molar-refractivity contribution in [2.75, 3.05) is 25.1 Å². The van der Waals surface area contributed by atoms with Crippen LogP contribution in [0.1, 0.15) is 61.8 Å². The van der Waals surface area contributed by atoms with Crippen molar-refractivity contribution in [1.29, 1.82) is 15.8 Å². The number of benzene rings is 1. The average molecular weight is 633 g/mol. The molecule has 10 heteroatoms. The molecule has 0 aliphatic carbocycles. The molecule has 1 aliphatic heterocycles. The minimum Gasteiger partial charge on any atom is -0.496 e. The molecule has 234 valence electrons. The van der Waals surface area contributed by atoms with E-state index in [0.29, 0.717) is 0 Å². The maximum atomic E-state index is 14.0. The number of alkyl halides is 3. The maximum Gasteiger partial charge on any atom is 0.432 e. The van der Waals surface area contributed by atoms with Gasteiger partial charge in [-0.1, -0.05) is 44.9 Å². The fourth-order valence-electron chi connectivity index (χ4n) is 4.66. The van der Waals surface area contributed by atoms with Gasteiger partial charge in [-0.25, -0.2) is 0 Å². The zero-order chi connectivity index (χ0) is 33.0. The van der Waals surface area contributed by atoms with Crippen LogP contribution in [0, 0.1) is 34.0 Å². The van der Waals surface area contributed by atoms with Crippen LogP contribution < -0.4 is 9.64 Å². The molecule has 2 aromatic rings. The van der Waals surface area contributed by atoms with Crippen molar-refractivity contribution >= 4 is 35.3 Å². The van der Waals surface area contributed by atoms with Gasteiger partial charge in [0, 0.05) is 45.7 Å². The number of methoxy groups -OCH3 is 1. The van der Waals surface area contributed by atoms with Crippen molar-refractivity contribution < 1.29 is 22.6 Å². The molecule has 0 spiro atoms. The summed E-state index contributed by atoms with van der Waals surface area (Å²) in [6.45, 7) is 7.15. The highest BCUT2D eigenvalue weighted by Gasteiger charge is 2.60. The van der Waals surface area contributed by atoms with Gasteiger partial charge in [0.1, 0.15) is 29.5 Å². The lowest BCUT2D eigenvalue weighted by Crippen LogP contribution is -2.43. The quantitative estimate of drug-likeness (QED) is 0.161. The number of nitriles is 3. The van der Waals surface area contributed by atoms with Crippen LogP contribution in [0.4, 0.5) is 18.9 Å². The molecule has 0 radical (unpaired) electrons. The molecule has 1 unspecified atom stereocenters. The normalized spacial score (nSPS) is 16.7. The Bertz CT molecular complexity index is 1620. The largest absolute Gasteiger partial charge is 0.496 e. The average Bonchev–Trinajstić information content (AvgIpc) is 3.60. The monoisotopic (exact) mass is 632 g/mol. The standard InChI is InChI=1S/C35H35F3N4O2S/c1-5-7-19-42(20-8-6-2)27-15-13-25(32(21-27)43-4)14-16-29-18-17-28(45-29)11-9-10-12-31-30(24-41)33(26(22-39)23-40)44-34(31,3)35(36,37)38/h9-18,21H,5-8,19-20H2,1-4H3/b11-9+,12-10+,16-14+. The summed E-state index contributed by atoms with van der Waals surface area (Å²) in [6.07, 6.45) is 9.36. The molecule has 1 aliphatic rings. The van der Waals surface area contributed by atoms with Crippen LogP contribution in [0.15, 0.2) is 71.0 Å². The summed E-state index contributed by atoms with van der Waals surface area (Å²) in [5, 5.41) is 27.9. The molecule has 0 fully saturated rings. The van der Waals surface area contributed by atoms with Crippen LogP contribution in [-0.2, 0) is 4.74 Å². The fourth-order valence-corrected chi connectivity index (χ4v) is 5.49. The number of hydrogen-bond donors (Lipinski definition) is 0. The number of hydrogen-bond acceptors (Lipinski definition) is 7. The van der Waals surface area contributed by atoms with Gasteiger partial charge >= 0.3 is 6.18 Å². The number of ether oxygens (including phenoxy) is 2. The summed E-state index contributed by atoms with van der Waals surface area (Å²) < 4.78 is 52.7. The lowest BCUT2D eigenvalue weighted by Gasteiger charge is -2.28. The lowest BCUT2D eigenvalue weighted by atomic mass is 9.92. The van der Waals surface area contributed by atoms with E-state index in [0.717, 1.165) is 78.5 Å². The van der Waals surface area contributed by atoms with Crippen molar-refractivity contribution in [3.8, 4) is 24.0 Å². The predicted molar refractivity (Wildman–Crippen MR) is 173 cm³/mol. The Morgan fingerprint density at radius 3 is 2.13 bits per heavy atom. The molecule has 0 saturated heterocycles. The number of thiophene rings is 1. The zero-order valence-corrected chi connectivity index (χ0v) is 26.6. The Labute approximate surface area is 266 Å². The molecule has 0 amide bonds. The van der Waals surface area contributed by atoms with E-state index in [-0.39, 0.29) is 0 Å². The highest BCUT2D eigenvalue weighted by molar-refractivity contribution is 7.13. The highest BCUT2D eigenvalue weighted by Crippen LogP contribution is 2.49. The van der Waals surface area contributed by atoms with E-state index in [1.54, 1.807) is 25.3 Å². The molecule has 1 atom stereocenters. The van der Waals surface area contributed by atoms with Gasteiger partial charge in [-0.15, -0.1) is 11.3 Å². The third-order valence-electron chi connectivity index (χ3n) is 7.27. The SMILES string of the molecule is CCCCN(CCCC)c1ccc(/C=C/c2ccc(/C=C/C=C/C3=C(C#N)C(=C(C#N)C#N)OC3(C)C(F)(F)F)s2)c(OC)c1. The van der Waals surface area contributed by atoms with Crippen LogP contribution in [0.2, 0.25) is 0 Å². The second-order valence-corrected chi connectivity index (χ2v) is 11.5. The van der Waals surface area contributed by atoms with Crippen LogP contribution in [-0.4, -0.2) is 32.0 Å². The van der Waals surface area contributed by atoms with Crippen LogP contribution in [0.25, 0.3) is 18.2 Å². The zero-order valence-electron chi connectivity index (χ0n) is 25.7. The number of nitrogens with zero attached hydrogens (tertiary/aromatic N) is 4. The molecule has 0 bridgehead atoms. The van der Waals surface area contributed by atoms with E-state index in [1.165, 1.54) is 29.6 Å². The number of unbranched alkanes of at least 4 members (excludes halogenated alkanes) is 2. The smallest absolute Gasteiger partial charge is 0.432 e. The lowest BCUT2D eigenvalue weighted by molar-refractivity contribution is -0.236. The summed E-state index contributed by atoms with van der Waals surface area (Å²) >= 11 is 1.49. The van der Waals surface area contributed by atoms with Crippen LogP contribution in [0.3, 0.4) is 0 Å². The van der Waals surface area contributed by atoms with Gasteiger partial charge in [0.25, 0.3) is 0 Å². The molecule has 0 saturated carbocycles. The number of allylic oxidation sites excluding steroid dienone is 4. The molecule has 6 nitrogen and oxygen atoms in total. The van der Waals surface area contributed by atoms with E-state index >= 15 is 0 Å². The fraction of sp³-hybridized carbons (Fsp3) is 0.343. The molecule has 1 aromatic carbocycles. The molecule has 45 heavy (non-hydrogen) atoms. The van der Waals surface area contributed by atoms with Gasteiger partial charge in [0.05, 0.1) is 7.11 Å². The Balaban J connectivity index is 1.80. The molecule has 3 rings (SSSR count). The van der Waals surface area contributed by atoms with Gasteiger partial charge in [-0.3, -0.25) is 0 Å². The van der Waals surface area contributed by atoms with Gasteiger partial charge in [0.2, 0.25) is 5.60 Å². The topological polar surface area (TPSA) is 93.1 Å². The van der Waals surface area contributed by atoms with Crippen LogP contribution in [0.5, 0.6) is 5.75 Å². The maximum absolute atomic E-state index is 14.0. The van der Waals surface area contributed by atoms with Gasteiger partial charge in [-0.05, 0) is 62.3 Å². The van der Waals surface area contributed by atoms with E-state index < -0.39 is 34.3 Å². The van der Waals surface area contributed by atoms with Crippen molar-refractivity contribution in [1.82, 2.24) is 0 Å².